The van der Waals surface area contributed by atoms with E-state index in [0.29, 0.717) is 40.0 Å². The Morgan fingerprint density at radius 1 is 0.340 bits per heavy atom. The number of pyridine rings is 2. The van der Waals surface area contributed by atoms with Gasteiger partial charge in [0.1, 0.15) is 22.3 Å². The third-order valence-electron chi connectivity index (χ3n) is 19.8. The molecule has 0 spiro atoms. The van der Waals surface area contributed by atoms with Crippen LogP contribution in [0.15, 0.2) is 300 Å². The number of hydrogen-bond acceptors (Lipinski definition) is 13. The summed E-state index contributed by atoms with van der Waals surface area (Å²) in [7, 11) is -0.427. The summed E-state index contributed by atoms with van der Waals surface area (Å²) in [4.78, 5) is 38.4. The summed E-state index contributed by atoms with van der Waals surface area (Å²) in [5.74, 6) is 3.84. The molecule has 2 aliphatic heterocycles. The van der Waals surface area contributed by atoms with E-state index < -0.39 is 7.12 Å². The van der Waals surface area contributed by atoms with Crippen molar-refractivity contribution < 1.29 is 75.7 Å². The molecule has 2 saturated heterocycles. The molecule has 12 aromatic carbocycles. The van der Waals surface area contributed by atoms with Crippen LogP contribution in [0, 0.1) is 0 Å². The number of ether oxygens (including phenoxy) is 1. The van der Waals surface area contributed by atoms with Gasteiger partial charge in [0.25, 0.3) is 0 Å². The Balaban J connectivity index is 0.000000128. The Morgan fingerprint density at radius 2 is 0.726 bits per heavy atom. The van der Waals surface area contributed by atoms with Crippen molar-refractivity contribution in [2.45, 2.75) is 51.7 Å². The molecule has 0 unspecified atom stereocenters. The van der Waals surface area contributed by atoms with Crippen molar-refractivity contribution in [2.75, 3.05) is 13.2 Å². The fourth-order valence-electron chi connectivity index (χ4n) is 13.8. The van der Waals surface area contributed by atoms with E-state index in [1.54, 1.807) is 0 Å². The number of rotatable bonds is 8. The quantitative estimate of drug-likeness (QED) is 0.133. The third kappa shape index (κ3) is 13.9. The van der Waals surface area contributed by atoms with E-state index in [0.717, 1.165) is 150 Å². The zero-order valence-electron chi connectivity index (χ0n) is 60.1. The summed E-state index contributed by atoms with van der Waals surface area (Å²) in [6.07, 6.45) is 6.20. The van der Waals surface area contributed by atoms with E-state index in [1.165, 1.54) is 12.8 Å². The summed E-state index contributed by atoms with van der Waals surface area (Å²) in [5, 5.41) is 11.2. The van der Waals surface area contributed by atoms with Gasteiger partial charge in [-0.2, -0.15) is 0 Å². The van der Waals surface area contributed by atoms with Gasteiger partial charge in [-0.3, -0.25) is 9.97 Å². The summed E-state index contributed by atoms with van der Waals surface area (Å²) < 4.78 is 30.0. The molecule has 13 nitrogen and oxygen atoms in total. The molecular formula is C90H69BClKN8O5. The van der Waals surface area contributed by atoms with Crippen LogP contribution in [-0.2, 0) is 14.0 Å². The van der Waals surface area contributed by atoms with Crippen LogP contribution in [0.2, 0.25) is 5.02 Å². The minimum absolute atomic E-state index is 0. The third-order valence-corrected chi connectivity index (χ3v) is 20.1. The number of nitrogens with zero attached hydrogens (tertiary/aromatic N) is 8. The van der Waals surface area contributed by atoms with Crippen molar-refractivity contribution >= 4 is 111 Å². The molecule has 20 rings (SSSR count). The van der Waals surface area contributed by atoms with Gasteiger partial charge in [0.15, 0.2) is 34.9 Å². The average Bonchev–Trinajstić information content (AvgIpc) is 1.67. The van der Waals surface area contributed by atoms with Crippen molar-refractivity contribution in [3.8, 4) is 79.5 Å². The predicted octanol–water partition coefficient (Wildman–Crippen LogP) is 19.2. The van der Waals surface area contributed by atoms with Gasteiger partial charge in [0.2, 0.25) is 0 Å². The van der Waals surface area contributed by atoms with Crippen LogP contribution in [0.25, 0.3) is 167 Å². The van der Waals surface area contributed by atoms with Gasteiger partial charge in [-0.25, -0.2) is 29.9 Å². The second kappa shape index (κ2) is 30.1. The monoisotopic (exact) mass is 1430 g/mol. The molecule has 0 atom stereocenters. The molecule has 0 saturated carbocycles. The molecule has 0 amide bonds. The minimum atomic E-state index is -0.427. The largest absolute Gasteiger partial charge is 1.00 e. The number of benzene rings is 12. The van der Waals surface area contributed by atoms with Crippen molar-refractivity contribution in [3.63, 3.8) is 0 Å². The molecule has 0 N–H and O–H groups in total. The Morgan fingerprint density at radius 3 is 1.19 bits per heavy atom. The van der Waals surface area contributed by atoms with Crippen LogP contribution >= 0.6 is 11.6 Å². The number of fused-ring (bicyclic) bond motifs is 10. The Bertz CT molecular complexity index is 6130. The van der Waals surface area contributed by atoms with Crippen molar-refractivity contribution in [3.05, 3.63) is 296 Å². The first-order valence-corrected chi connectivity index (χ1v) is 35.6. The summed E-state index contributed by atoms with van der Waals surface area (Å²) >= 11 is 6.42. The second-order valence-electron chi connectivity index (χ2n) is 27.0. The zero-order valence-corrected chi connectivity index (χ0v) is 63.0. The van der Waals surface area contributed by atoms with Crippen molar-refractivity contribution in [2.24, 2.45) is 0 Å². The fraction of sp³-hybridized carbons (Fsp3) is 0.111. The van der Waals surface area contributed by atoms with Gasteiger partial charge in [-0.15, -0.1) is 0 Å². The molecule has 106 heavy (non-hydrogen) atoms. The van der Waals surface area contributed by atoms with Crippen LogP contribution < -0.4 is 56.8 Å². The molecule has 2 fully saturated rings. The molecule has 0 bridgehead atoms. The molecule has 18 aromatic rings. The first kappa shape index (κ1) is 69.8. The van der Waals surface area contributed by atoms with Gasteiger partial charge in [0, 0.05) is 102 Å². The normalized spacial score (nSPS) is 13.7. The van der Waals surface area contributed by atoms with E-state index in [2.05, 4.69) is 117 Å². The molecule has 6 aromatic heterocycles. The number of halogens is 1. The van der Waals surface area contributed by atoms with Gasteiger partial charge in [-0.05, 0) is 140 Å². The first-order chi connectivity index (χ1) is 51.4. The van der Waals surface area contributed by atoms with Crippen LogP contribution in [0.4, 0.5) is 0 Å². The van der Waals surface area contributed by atoms with E-state index in [9.17, 15) is 0 Å². The van der Waals surface area contributed by atoms with Gasteiger partial charge in [0.05, 0.1) is 22.2 Å². The zero-order chi connectivity index (χ0) is 71.0. The van der Waals surface area contributed by atoms with Crippen LogP contribution in [0.5, 0.6) is 0 Å². The van der Waals surface area contributed by atoms with Gasteiger partial charge in [-0.1, -0.05) is 224 Å². The molecule has 510 valence electrons. The maximum absolute atomic E-state index is 6.42. The van der Waals surface area contributed by atoms with Crippen molar-refractivity contribution in [1.29, 1.82) is 0 Å². The topological polar surface area (TPSA) is 157 Å². The summed E-state index contributed by atoms with van der Waals surface area (Å²) in [6.45, 7) is 10.3. The molecule has 0 radical (unpaired) electrons. The van der Waals surface area contributed by atoms with Crippen LogP contribution in [-0.4, -0.2) is 71.4 Å². The standard InChI is InChI=1S/C40H24N4O.C25H16ClN3.C21H20BNO3.C4H8O.K.H/c1-3-11-25(12-4-1)38-42-39(26-13-5-2-6-14-26)44-40(43-38)32-21-20-30(28-16-7-8-17-29(28)32)31-18-9-19-35-37(31)33-24-34-27(15-10-22-41-34)23-36(33)45-35;26-22-16-15-21(19-13-7-8-14-20(19)22)25-28-23(17-9-3-1-4-10-17)27-24(29-25)18-11-5-2-6-12-18;1-20(2)21(3,4)26-22(25-20)15-8-5-9-17-19(15)14-12-16-13(7-6-10-23-16)11-18(14)24-17;1-2-4-5-3-1;;/h1-24H;1-16H;5-12H,1-4H3;1-4H2;;/q;;;;+1;-1. The second-order valence-corrected chi connectivity index (χ2v) is 27.4. The van der Waals surface area contributed by atoms with E-state index in [1.807, 2.05) is 213 Å². The first-order valence-electron chi connectivity index (χ1n) is 35.2. The fourth-order valence-corrected chi connectivity index (χ4v) is 14.0. The maximum atomic E-state index is 6.42. The molecular weight excluding hydrogens is 1360 g/mol. The maximum Gasteiger partial charge on any atom is 1.00 e. The molecule has 2 aliphatic rings. The van der Waals surface area contributed by atoms with E-state index in [4.69, 9.17) is 64.4 Å². The minimum Gasteiger partial charge on any atom is -1.00 e. The van der Waals surface area contributed by atoms with Gasteiger partial charge >= 0.3 is 58.5 Å². The van der Waals surface area contributed by atoms with Crippen LogP contribution in [0.1, 0.15) is 42.0 Å². The Hall–Kier alpha value is -10.5. The smallest absolute Gasteiger partial charge is 1.00 e. The average molecular weight is 1430 g/mol. The van der Waals surface area contributed by atoms with Crippen LogP contribution in [0.3, 0.4) is 0 Å². The SMILES string of the molecule is C1CCOC1.CC1(C)OB(c2cccc3oc4cc5cccnc5cc4c23)OC1(C)C.Clc1ccc(-c2nc(-c3ccccc3)nc(-c3ccccc3)n2)c2ccccc12.[H-].[K+].c1ccc(-c2nc(-c3ccccc3)nc(-c3ccc(-c4cccc5oc6cc7cccnc7cc6c45)c4ccccc34)n2)cc1. The number of aromatic nitrogens is 8. The number of hydrogen-bond donors (Lipinski definition) is 0. The number of furan rings is 2. The van der Waals surface area contributed by atoms with Gasteiger partial charge < -0.3 is 24.3 Å². The Kier molecular flexibility index (Phi) is 19.9. The van der Waals surface area contributed by atoms with E-state index in [-0.39, 0.29) is 64.0 Å². The predicted molar refractivity (Wildman–Crippen MR) is 426 cm³/mol. The summed E-state index contributed by atoms with van der Waals surface area (Å²) in [5.41, 5.74) is 13.4. The van der Waals surface area contributed by atoms with Crippen molar-refractivity contribution in [1.82, 2.24) is 39.9 Å². The molecule has 8 heterocycles. The summed E-state index contributed by atoms with van der Waals surface area (Å²) in [6, 6.07) is 93.4. The molecule has 0 aliphatic carbocycles. The Labute approximate surface area is 661 Å². The molecule has 16 heteroatoms. The van der Waals surface area contributed by atoms with E-state index >= 15 is 0 Å².